The van der Waals surface area contributed by atoms with E-state index >= 15 is 0 Å². The van der Waals surface area contributed by atoms with Gasteiger partial charge in [-0.25, -0.2) is 0 Å². The molecule has 1 aliphatic heterocycles. The molecule has 118 valence electrons. The standard InChI is InChI=1S/C18H24N2O2/c1-2-14-3-5-16(6-4-14)17(21)7-8-18(22)20-13-15-9-11-19-12-10-15/h3-6,9,19H,2,7-8,10-13H2,1H3,(H,20,22). The summed E-state index contributed by atoms with van der Waals surface area (Å²) in [6, 6.07) is 7.63. The summed E-state index contributed by atoms with van der Waals surface area (Å²) in [6.07, 6.45) is 4.56. The quantitative estimate of drug-likeness (QED) is 0.600. The van der Waals surface area contributed by atoms with Gasteiger partial charge in [0.05, 0.1) is 0 Å². The van der Waals surface area contributed by atoms with Crippen LogP contribution in [0.2, 0.25) is 0 Å². The molecule has 1 amide bonds. The van der Waals surface area contributed by atoms with Crippen LogP contribution in [-0.4, -0.2) is 31.3 Å². The van der Waals surface area contributed by atoms with Crippen LogP contribution in [0.3, 0.4) is 0 Å². The lowest BCUT2D eigenvalue weighted by Gasteiger charge is -2.14. The topological polar surface area (TPSA) is 58.2 Å². The number of aryl methyl sites for hydroxylation is 1. The Labute approximate surface area is 132 Å². The molecule has 4 heteroatoms. The number of amides is 1. The maximum atomic E-state index is 12.1. The maximum Gasteiger partial charge on any atom is 0.220 e. The largest absolute Gasteiger partial charge is 0.352 e. The number of hydrogen-bond donors (Lipinski definition) is 2. The van der Waals surface area contributed by atoms with Gasteiger partial charge in [0.25, 0.3) is 0 Å². The lowest BCUT2D eigenvalue weighted by Crippen LogP contribution is -2.29. The van der Waals surface area contributed by atoms with Gasteiger partial charge in [-0.2, -0.15) is 0 Å². The first kappa shape index (κ1) is 16.4. The van der Waals surface area contributed by atoms with Gasteiger partial charge in [-0.1, -0.05) is 42.8 Å². The van der Waals surface area contributed by atoms with Crippen molar-refractivity contribution < 1.29 is 9.59 Å². The lowest BCUT2D eigenvalue weighted by atomic mass is 10.0. The molecule has 4 nitrogen and oxygen atoms in total. The van der Waals surface area contributed by atoms with Crippen molar-refractivity contribution >= 4 is 11.7 Å². The number of hydrogen-bond acceptors (Lipinski definition) is 3. The second-order valence-electron chi connectivity index (χ2n) is 5.57. The van der Waals surface area contributed by atoms with Crippen LogP contribution in [0.5, 0.6) is 0 Å². The fourth-order valence-electron chi connectivity index (χ4n) is 2.43. The molecule has 1 aromatic rings. The van der Waals surface area contributed by atoms with Crippen molar-refractivity contribution in [1.82, 2.24) is 10.6 Å². The minimum absolute atomic E-state index is 0.0267. The number of Topliss-reactive ketones (excluding diaryl/α,β-unsaturated/α-hetero) is 1. The summed E-state index contributed by atoms with van der Waals surface area (Å²) in [7, 11) is 0. The molecular weight excluding hydrogens is 276 g/mol. The maximum absolute atomic E-state index is 12.1. The molecule has 0 saturated carbocycles. The Morgan fingerprint density at radius 1 is 1.18 bits per heavy atom. The number of carbonyl (C=O) groups excluding carboxylic acids is 2. The van der Waals surface area contributed by atoms with Crippen molar-refractivity contribution in [2.75, 3.05) is 19.6 Å². The van der Waals surface area contributed by atoms with E-state index in [0.717, 1.165) is 25.9 Å². The highest BCUT2D eigenvalue weighted by Gasteiger charge is 2.10. The third-order valence-corrected chi connectivity index (χ3v) is 3.93. The Morgan fingerprint density at radius 2 is 1.95 bits per heavy atom. The van der Waals surface area contributed by atoms with E-state index in [0.29, 0.717) is 12.1 Å². The molecule has 0 atom stereocenters. The summed E-state index contributed by atoms with van der Waals surface area (Å²) < 4.78 is 0. The van der Waals surface area contributed by atoms with Crippen LogP contribution in [0.4, 0.5) is 0 Å². The van der Waals surface area contributed by atoms with Gasteiger partial charge >= 0.3 is 0 Å². The molecule has 2 N–H and O–H groups in total. The third kappa shape index (κ3) is 5.11. The van der Waals surface area contributed by atoms with E-state index in [4.69, 9.17) is 0 Å². The van der Waals surface area contributed by atoms with Gasteiger partial charge in [-0.3, -0.25) is 9.59 Å². The molecule has 0 spiro atoms. The first-order valence-corrected chi connectivity index (χ1v) is 7.96. The Morgan fingerprint density at radius 3 is 2.59 bits per heavy atom. The highest BCUT2D eigenvalue weighted by atomic mass is 16.2. The smallest absolute Gasteiger partial charge is 0.220 e. The molecule has 22 heavy (non-hydrogen) atoms. The molecule has 1 aliphatic rings. The van der Waals surface area contributed by atoms with Gasteiger partial charge < -0.3 is 10.6 Å². The molecule has 0 aliphatic carbocycles. The van der Waals surface area contributed by atoms with Crippen molar-refractivity contribution in [3.8, 4) is 0 Å². The van der Waals surface area contributed by atoms with Gasteiger partial charge in [0.1, 0.15) is 0 Å². The summed E-state index contributed by atoms with van der Waals surface area (Å²) >= 11 is 0. The second kappa shape index (κ2) is 8.49. The molecular formula is C18H24N2O2. The zero-order valence-corrected chi connectivity index (χ0v) is 13.2. The molecule has 0 radical (unpaired) electrons. The van der Waals surface area contributed by atoms with Crippen LogP contribution < -0.4 is 10.6 Å². The van der Waals surface area contributed by atoms with Crippen molar-refractivity contribution in [3.05, 3.63) is 47.0 Å². The normalized spacial score (nSPS) is 14.3. The predicted octanol–water partition coefficient (Wildman–Crippen LogP) is 2.25. The Kier molecular flexibility index (Phi) is 6.34. The predicted molar refractivity (Wildman–Crippen MR) is 88.0 cm³/mol. The first-order valence-electron chi connectivity index (χ1n) is 7.96. The molecule has 0 aromatic heterocycles. The van der Waals surface area contributed by atoms with E-state index in [1.165, 1.54) is 11.1 Å². The highest BCUT2D eigenvalue weighted by molar-refractivity contribution is 5.97. The minimum Gasteiger partial charge on any atom is -0.352 e. The van der Waals surface area contributed by atoms with E-state index in [-0.39, 0.29) is 24.5 Å². The molecule has 0 fully saturated rings. The summed E-state index contributed by atoms with van der Waals surface area (Å²) in [5.74, 6) is -0.0307. The number of nitrogens with one attached hydrogen (secondary N) is 2. The molecule has 2 rings (SSSR count). The third-order valence-electron chi connectivity index (χ3n) is 3.93. The average molecular weight is 300 g/mol. The van der Waals surface area contributed by atoms with Crippen molar-refractivity contribution in [3.63, 3.8) is 0 Å². The van der Waals surface area contributed by atoms with Gasteiger partial charge in [0.2, 0.25) is 5.91 Å². The van der Waals surface area contributed by atoms with E-state index in [1.54, 1.807) is 0 Å². The number of benzene rings is 1. The zero-order valence-electron chi connectivity index (χ0n) is 13.2. The van der Waals surface area contributed by atoms with Crippen LogP contribution in [0.15, 0.2) is 35.9 Å². The van der Waals surface area contributed by atoms with Gasteiger partial charge in [0, 0.05) is 31.5 Å². The van der Waals surface area contributed by atoms with Crippen molar-refractivity contribution in [2.24, 2.45) is 0 Å². The summed E-state index contributed by atoms with van der Waals surface area (Å²) in [6.45, 7) is 4.52. The Hall–Kier alpha value is -1.94. The number of carbonyl (C=O) groups is 2. The van der Waals surface area contributed by atoms with Crippen LogP contribution in [0.25, 0.3) is 0 Å². The molecule has 0 bridgehead atoms. The molecule has 1 aromatic carbocycles. The van der Waals surface area contributed by atoms with Crippen LogP contribution >= 0.6 is 0 Å². The lowest BCUT2D eigenvalue weighted by molar-refractivity contribution is -0.120. The zero-order chi connectivity index (χ0) is 15.8. The van der Waals surface area contributed by atoms with E-state index < -0.39 is 0 Å². The number of rotatable bonds is 7. The Balaban J connectivity index is 1.72. The fourth-order valence-corrected chi connectivity index (χ4v) is 2.43. The van der Waals surface area contributed by atoms with Crippen molar-refractivity contribution in [2.45, 2.75) is 32.6 Å². The van der Waals surface area contributed by atoms with E-state index in [9.17, 15) is 9.59 Å². The SMILES string of the molecule is CCc1ccc(C(=O)CCC(=O)NCC2=CCNCC2)cc1. The van der Waals surface area contributed by atoms with Crippen molar-refractivity contribution in [1.29, 1.82) is 0 Å². The summed E-state index contributed by atoms with van der Waals surface area (Å²) in [5.41, 5.74) is 3.16. The second-order valence-corrected chi connectivity index (χ2v) is 5.57. The van der Waals surface area contributed by atoms with Gasteiger partial charge in [-0.15, -0.1) is 0 Å². The fraction of sp³-hybridized carbons (Fsp3) is 0.444. The molecule has 0 saturated heterocycles. The highest BCUT2D eigenvalue weighted by Crippen LogP contribution is 2.09. The van der Waals surface area contributed by atoms with Gasteiger partial charge in [-0.05, 0) is 24.9 Å². The van der Waals surface area contributed by atoms with E-state index in [1.807, 2.05) is 24.3 Å². The van der Waals surface area contributed by atoms with Crippen LogP contribution in [0.1, 0.15) is 42.1 Å². The van der Waals surface area contributed by atoms with Crippen LogP contribution in [-0.2, 0) is 11.2 Å². The molecule has 0 unspecified atom stereocenters. The summed E-state index contributed by atoms with van der Waals surface area (Å²) in [5, 5.41) is 6.13. The van der Waals surface area contributed by atoms with Crippen LogP contribution in [0, 0.1) is 0 Å². The minimum atomic E-state index is -0.0574. The monoisotopic (exact) mass is 300 g/mol. The number of ketones is 1. The average Bonchev–Trinajstić information content (AvgIpc) is 2.58. The summed E-state index contributed by atoms with van der Waals surface area (Å²) in [4.78, 5) is 23.9. The molecule has 1 heterocycles. The first-order chi connectivity index (χ1) is 10.7. The Bertz CT molecular complexity index is 547. The van der Waals surface area contributed by atoms with E-state index in [2.05, 4.69) is 23.6 Å². The van der Waals surface area contributed by atoms with Gasteiger partial charge in [0.15, 0.2) is 5.78 Å².